The molecule has 2 aromatic rings. The number of nitrogens with zero attached hydrogens (tertiary/aromatic N) is 2. The first-order valence-electron chi connectivity index (χ1n) is 6.70. The lowest BCUT2D eigenvalue weighted by Gasteiger charge is -2.32. The van der Waals surface area contributed by atoms with Gasteiger partial charge in [0.25, 0.3) is 5.91 Å². The number of hydrogen-bond donors (Lipinski definition) is 0. The van der Waals surface area contributed by atoms with Crippen molar-refractivity contribution in [2.24, 2.45) is 0 Å². The summed E-state index contributed by atoms with van der Waals surface area (Å²) in [5.41, 5.74) is -0.130. The van der Waals surface area contributed by atoms with Crippen LogP contribution in [0.3, 0.4) is 0 Å². The summed E-state index contributed by atoms with van der Waals surface area (Å²) in [6.07, 6.45) is 0.770. The number of carbonyl (C=O) groups excluding carboxylic acids is 2. The lowest BCUT2D eigenvalue weighted by Crippen LogP contribution is -2.48. The van der Waals surface area contributed by atoms with Crippen molar-refractivity contribution in [3.63, 3.8) is 0 Å². The highest BCUT2D eigenvalue weighted by Crippen LogP contribution is 2.14. The molecule has 0 bridgehead atoms. The highest BCUT2D eigenvalue weighted by Gasteiger charge is 2.24. The van der Waals surface area contributed by atoms with Gasteiger partial charge in [-0.1, -0.05) is 18.2 Å². The molecule has 108 valence electrons. The van der Waals surface area contributed by atoms with Gasteiger partial charge in [-0.3, -0.25) is 9.59 Å². The molecule has 2 heterocycles. The van der Waals surface area contributed by atoms with Crippen LogP contribution in [0.2, 0.25) is 0 Å². The van der Waals surface area contributed by atoms with Crippen LogP contribution in [0.15, 0.2) is 39.5 Å². The van der Waals surface area contributed by atoms with E-state index in [4.69, 9.17) is 4.42 Å². The molecule has 1 aliphatic heterocycles. The number of amides is 2. The van der Waals surface area contributed by atoms with E-state index in [1.165, 1.54) is 0 Å². The van der Waals surface area contributed by atoms with Gasteiger partial charge in [0.05, 0.1) is 0 Å². The van der Waals surface area contributed by atoms with Crippen molar-refractivity contribution in [3.05, 3.63) is 46.3 Å². The summed E-state index contributed by atoms with van der Waals surface area (Å²) >= 11 is 0. The summed E-state index contributed by atoms with van der Waals surface area (Å²) in [6, 6.07) is 8.63. The first-order chi connectivity index (χ1) is 10.2. The van der Waals surface area contributed by atoms with E-state index in [1.54, 1.807) is 34.1 Å². The monoisotopic (exact) mass is 286 g/mol. The van der Waals surface area contributed by atoms with E-state index < -0.39 is 5.63 Å². The van der Waals surface area contributed by atoms with E-state index in [1.807, 2.05) is 6.07 Å². The zero-order valence-corrected chi connectivity index (χ0v) is 11.3. The number of carbonyl (C=O) groups is 2. The molecule has 1 aromatic heterocycles. The van der Waals surface area contributed by atoms with Gasteiger partial charge in [0.15, 0.2) is 0 Å². The Morgan fingerprint density at radius 2 is 1.86 bits per heavy atom. The third-order valence-corrected chi connectivity index (χ3v) is 3.62. The van der Waals surface area contributed by atoms with Crippen LogP contribution < -0.4 is 5.63 Å². The predicted molar refractivity (Wildman–Crippen MR) is 76.0 cm³/mol. The fraction of sp³-hybridized carbons (Fsp3) is 0.267. The second-order valence-electron chi connectivity index (χ2n) is 4.92. The number of para-hydroxylation sites is 1. The second kappa shape index (κ2) is 5.40. The molecule has 6 nitrogen and oxygen atoms in total. The van der Waals surface area contributed by atoms with Gasteiger partial charge >= 0.3 is 5.63 Å². The van der Waals surface area contributed by atoms with E-state index in [9.17, 15) is 14.4 Å². The molecule has 3 rings (SSSR count). The smallest absolute Gasteiger partial charge is 0.349 e. The SMILES string of the molecule is O=CN1CCN(C(=O)c2cc3ccccc3oc2=O)CC1. The van der Waals surface area contributed by atoms with Gasteiger partial charge in [-0.25, -0.2) is 4.79 Å². The quantitative estimate of drug-likeness (QED) is 0.602. The second-order valence-corrected chi connectivity index (χ2v) is 4.92. The molecular formula is C15H14N2O4. The Hall–Kier alpha value is -2.63. The highest BCUT2D eigenvalue weighted by atomic mass is 16.4. The molecule has 0 N–H and O–H groups in total. The normalized spacial score (nSPS) is 15.2. The Kier molecular flexibility index (Phi) is 3.43. The summed E-state index contributed by atoms with van der Waals surface area (Å²) in [5.74, 6) is -0.347. The molecule has 0 aliphatic carbocycles. The van der Waals surface area contributed by atoms with Gasteiger partial charge in [-0.15, -0.1) is 0 Å². The third kappa shape index (κ3) is 2.52. The van der Waals surface area contributed by atoms with Gasteiger partial charge in [-0.05, 0) is 12.1 Å². The Labute approximate surface area is 120 Å². The summed E-state index contributed by atoms with van der Waals surface area (Å²) in [6.45, 7) is 1.80. The molecule has 0 unspecified atom stereocenters. The highest BCUT2D eigenvalue weighted by molar-refractivity contribution is 5.96. The first kappa shape index (κ1) is 13.4. The minimum atomic E-state index is -0.628. The molecule has 6 heteroatoms. The summed E-state index contributed by atoms with van der Waals surface area (Å²) in [5, 5.41) is 0.715. The van der Waals surface area contributed by atoms with Gasteiger partial charge in [-0.2, -0.15) is 0 Å². The van der Waals surface area contributed by atoms with Crippen molar-refractivity contribution in [2.45, 2.75) is 0 Å². The number of piperazine rings is 1. The van der Waals surface area contributed by atoms with Gasteiger partial charge in [0.2, 0.25) is 6.41 Å². The zero-order valence-electron chi connectivity index (χ0n) is 11.3. The van der Waals surface area contributed by atoms with Crippen LogP contribution in [0.25, 0.3) is 11.0 Å². The van der Waals surface area contributed by atoms with Crippen molar-refractivity contribution < 1.29 is 14.0 Å². The molecule has 0 saturated carbocycles. The number of hydrogen-bond acceptors (Lipinski definition) is 4. The molecule has 1 aromatic carbocycles. The number of rotatable bonds is 2. The van der Waals surface area contributed by atoms with Crippen LogP contribution in [0.5, 0.6) is 0 Å². The largest absolute Gasteiger partial charge is 0.422 e. The standard InChI is InChI=1S/C15H14N2O4/c18-10-16-5-7-17(8-6-16)14(19)12-9-11-3-1-2-4-13(11)21-15(12)20/h1-4,9-10H,5-8H2. The van der Waals surface area contributed by atoms with Gasteiger partial charge in [0, 0.05) is 31.6 Å². The molecule has 0 atom stereocenters. The van der Waals surface area contributed by atoms with Gasteiger partial charge in [0.1, 0.15) is 11.1 Å². The van der Waals surface area contributed by atoms with Crippen molar-refractivity contribution in [1.29, 1.82) is 0 Å². The molecule has 2 amide bonds. The lowest BCUT2D eigenvalue weighted by atomic mass is 10.1. The van der Waals surface area contributed by atoms with Crippen LogP contribution >= 0.6 is 0 Å². The van der Waals surface area contributed by atoms with Crippen LogP contribution in [-0.2, 0) is 4.79 Å². The fourth-order valence-electron chi connectivity index (χ4n) is 2.41. The molecule has 1 fully saturated rings. The maximum Gasteiger partial charge on any atom is 0.349 e. The van der Waals surface area contributed by atoms with Crippen molar-refractivity contribution in [1.82, 2.24) is 9.80 Å². The Bertz CT molecular complexity index is 745. The Morgan fingerprint density at radius 3 is 2.57 bits per heavy atom. The maximum atomic E-state index is 12.4. The van der Waals surface area contributed by atoms with Gasteiger partial charge < -0.3 is 14.2 Å². The van der Waals surface area contributed by atoms with Crippen LogP contribution in [0.4, 0.5) is 0 Å². The third-order valence-electron chi connectivity index (χ3n) is 3.62. The minimum Gasteiger partial charge on any atom is -0.422 e. The molecular weight excluding hydrogens is 272 g/mol. The van der Waals surface area contributed by atoms with Crippen molar-refractivity contribution >= 4 is 23.3 Å². The predicted octanol–water partition coefficient (Wildman–Crippen LogP) is 0.707. The molecule has 1 aliphatic rings. The Morgan fingerprint density at radius 1 is 1.14 bits per heavy atom. The van der Waals surface area contributed by atoms with Crippen LogP contribution in [-0.4, -0.2) is 48.3 Å². The van der Waals surface area contributed by atoms with E-state index in [0.29, 0.717) is 37.1 Å². The van der Waals surface area contributed by atoms with E-state index in [0.717, 1.165) is 6.41 Å². The summed E-state index contributed by atoms with van der Waals surface area (Å²) in [4.78, 5) is 38.2. The summed E-state index contributed by atoms with van der Waals surface area (Å²) < 4.78 is 5.18. The van der Waals surface area contributed by atoms with Crippen molar-refractivity contribution in [2.75, 3.05) is 26.2 Å². The zero-order chi connectivity index (χ0) is 14.8. The molecule has 0 spiro atoms. The topological polar surface area (TPSA) is 70.8 Å². The van der Waals surface area contributed by atoms with Crippen LogP contribution in [0, 0.1) is 0 Å². The van der Waals surface area contributed by atoms with Crippen LogP contribution in [0.1, 0.15) is 10.4 Å². The van der Waals surface area contributed by atoms with E-state index in [2.05, 4.69) is 0 Å². The molecule has 21 heavy (non-hydrogen) atoms. The average Bonchev–Trinajstić information content (AvgIpc) is 2.53. The Balaban J connectivity index is 1.89. The van der Waals surface area contributed by atoms with E-state index >= 15 is 0 Å². The summed E-state index contributed by atoms with van der Waals surface area (Å²) in [7, 11) is 0. The van der Waals surface area contributed by atoms with Crippen molar-refractivity contribution in [3.8, 4) is 0 Å². The molecule has 0 radical (unpaired) electrons. The van der Waals surface area contributed by atoms with E-state index in [-0.39, 0.29) is 11.5 Å². The molecule has 1 saturated heterocycles. The minimum absolute atomic E-state index is 0.0354. The number of benzene rings is 1. The lowest BCUT2D eigenvalue weighted by molar-refractivity contribution is -0.119. The number of fused-ring (bicyclic) bond motifs is 1. The fourth-order valence-corrected chi connectivity index (χ4v) is 2.41. The first-order valence-corrected chi connectivity index (χ1v) is 6.70. The maximum absolute atomic E-state index is 12.4. The average molecular weight is 286 g/mol.